The normalized spacial score (nSPS) is 13.7. The molecule has 1 rings (SSSR count). The van der Waals surface area contributed by atoms with E-state index >= 15 is 0 Å². The van der Waals surface area contributed by atoms with Gasteiger partial charge in [-0.1, -0.05) is 19.0 Å². The number of carbonyl (C=O) groups is 1. The third-order valence-electron chi connectivity index (χ3n) is 3.36. The summed E-state index contributed by atoms with van der Waals surface area (Å²) in [5, 5.41) is 3.94. The molecule has 96 valence electrons. The number of aromatic nitrogens is 2. The molecule has 0 radical (unpaired) electrons. The molecule has 0 aliphatic heterocycles. The first-order valence-corrected chi connectivity index (χ1v) is 5.90. The number of methoxy groups -OCH3 is 1. The fourth-order valence-corrected chi connectivity index (χ4v) is 1.72. The lowest BCUT2D eigenvalue weighted by molar-refractivity contribution is -0.118. The van der Waals surface area contributed by atoms with Crippen molar-refractivity contribution < 1.29 is 14.1 Å². The molecule has 5 heteroatoms. The Morgan fingerprint density at radius 2 is 2.06 bits per heavy atom. The highest BCUT2D eigenvalue weighted by atomic mass is 16.5. The topological polar surface area (TPSA) is 65.2 Å². The van der Waals surface area contributed by atoms with Crippen molar-refractivity contribution in [1.29, 1.82) is 0 Å². The molecule has 5 nitrogen and oxygen atoms in total. The van der Waals surface area contributed by atoms with Crippen LogP contribution in [-0.4, -0.2) is 23.0 Å². The molecule has 0 aliphatic carbocycles. The van der Waals surface area contributed by atoms with Crippen molar-refractivity contribution in [2.45, 2.75) is 52.1 Å². The number of nitrogens with zero attached hydrogens (tertiary/aromatic N) is 2. The second-order valence-electron chi connectivity index (χ2n) is 4.19. The molecule has 0 amide bonds. The van der Waals surface area contributed by atoms with Crippen LogP contribution in [0.4, 0.5) is 0 Å². The second kappa shape index (κ2) is 5.40. The Morgan fingerprint density at radius 1 is 1.47 bits per heavy atom. The van der Waals surface area contributed by atoms with Gasteiger partial charge >= 0.3 is 0 Å². The number of Topliss-reactive ketones (excluding diaryl/α,β-unsaturated/α-hetero) is 1. The van der Waals surface area contributed by atoms with Gasteiger partial charge in [-0.25, -0.2) is 0 Å². The molecule has 0 aromatic carbocycles. The van der Waals surface area contributed by atoms with E-state index in [1.54, 1.807) is 14.0 Å². The van der Waals surface area contributed by atoms with Gasteiger partial charge in [0, 0.05) is 7.11 Å². The number of hydrogen-bond acceptors (Lipinski definition) is 5. The van der Waals surface area contributed by atoms with Gasteiger partial charge in [0.05, 0.1) is 5.92 Å². The van der Waals surface area contributed by atoms with E-state index in [1.807, 2.05) is 13.8 Å². The summed E-state index contributed by atoms with van der Waals surface area (Å²) in [6.45, 7) is 7.29. The molecule has 0 aliphatic rings. The molecule has 1 aromatic heterocycles. The Bertz CT molecular complexity index is 375. The molecule has 0 bridgehead atoms. The zero-order valence-corrected chi connectivity index (χ0v) is 11.1. The van der Waals surface area contributed by atoms with E-state index in [4.69, 9.17) is 9.26 Å². The van der Waals surface area contributed by atoms with Crippen molar-refractivity contribution in [3.8, 4) is 0 Å². The van der Waals surface area contributed by atoms with Crippen molar-refractivity contribution in [1.82, 2.24) is 10.1 Å². The van der Waals surface area contributed by atoms with Gasteiger partial charge < -0.3 is 9.26 Å². The van der Waals surface area contributed by atoms with Crippen LogP contribution in [0.5, 0.6) is 0 Å². The van der Waals surface area contributed by atoms with Crippen LogP contribution in [-0.2, 0) is 15.1 Å². The first-order valence-electron chi connectivity index (χ1n) is 5.90. The predicted octanol–water partition coefficient (Wildman–Crippen LogP) is 2.42. The molecular formula is C12H20N2O3. The summed E-state index contributed by atoms with van der Waals surface area (Å²) in [5.74, 6) is 0.527. The molecule has 0 N–H and O–H groups in total. The fourth-order valence-electron chi connectivity index (χ4n) is 1.72. The number of rotatable bonds is 6. The molecule has 0 saturated heterocycles. The highest BCUT2D eigenvalue weighted by Crippen LogP contribution is 2.30. The third-order valence-corrected chi connectivity index (χ3v) is 3.36. The number of ketones is 1. The standard InChI is InChI=1S/C12H20N2O3/c1-6-12(7-2,16-5)11-13-10(17-14-11)8(3)9(4)15/h8H,6-7H2,1-5H3. The molecule has 17 heavy (non-hydrogen) atoms. The van der Waals surface area contributed by atoms with Gasteiger partial charge in [0.15, 0.2) is 0 Å². The zero-order chi connectivity index (χ0) is 13.1. The van der Waals surface area contributed by atoms with Crippen LogP contribution in [0.3, 0.4) is 0 Å². The maximum atomic E-state index is 11.3. The number of ether oxygens (including phenoxy) is 1. The first kappa shape index (κ1) is 13.8. The Hall–Kier alpha value is -1.23. The average Bonchev–Trinajstić information content (AvgIpc) is 2.81. The van der Waals surface area contributed by atoms with Crippen LogP contribution in [0, 0.1) is 0 Å². The summed E-state index contributed by atoms with van der Waals surface area (Å²) < 4.78 is 10.6. The summed E-state index contributed by atoms with van der Waals surface area (Å²) in [6.07, 6.45) is 1.51. The van der Waals surface area contributed by atoms with Crippen LogP contribution < -0.4 is 0 Å². The summed E-state index contributed by atoms with van der Waals surface area (Å²) >= 11 is 0. The van der Waals surface area contributed by atoms with Gasteiger partial charge in [-0.15, -0.1) is 0 Å². The quantitative estimate of drug-likeness (QED) is 0.764. The van der Waals surface area contributed by atoms with Crippen molar-refractivity contribution in [2.24, 2.45) is 0 Å². The Morgan fingerprint density at radius 3 is 2.47 bits per heavy atom. The molecule has 1 unspecified atom stereocenters. The highest BCUT2D eigenvalue weighted by molar-refractivity contribution is 5.81. The van der Waals surface area contributed by atoms with E-state index in [0.717, 1.165) is 12.8 Å². The maximum Gasteiger partial charge on any atom is 0.237 e. The third kappa shape index (κ3) is 2.54. The van der Waals surface area contributed by atoms with Crippen LogP contribution >= 0.6 is 0 Å². The second-order valence-corrected chi connectivity index (χ2v) is 4.19. The van der Waals surface area contributed by atoms with Gasteiger partial charge in [-0.05, 0) is 26.7 Å². The summed E-state index contributed by atoms with van der Waals surface area (Å²) in [7, 11) is 1.64. The minimum atomic E-state index is -0.516. The predicted molar refractivity (Wildman–Crippen MR) is 62.7 cm³/mol. The van der Waals surface area contributed by atoms with Crippen LogP contribution in [0.15, 0.2) is 4.52 Å². The highest BCUT2D eigenvalue weighted by Gasteiger charge is 2.34. The van der Waals surface area contributed by atoms with Crippen molar-refractivity contribution in [3.05, 3.63) is 11.7 Å². The summed E-state index contributed by atoms with van der Waals surface area (Å²) in [5.41, 5.74) is -0.516. The van der Waals surface area contributed by atoms with E-state index in [2.05, 4.69) is 10.1 Å². The molecule has 1 aromatic rings. The summed E-state index contributed by atoms with van der Waals surface area (Å²) in [4.78, 5) is 15.5. The fraction of sp³-hybridized carbons (Fsp3) is 0.750. The molecule has 1 atom stereocenters. The zero-order valence-electron chi connectivity index (χ0n) is 11.1. The van der Waals surface area contributed by atoms with Gasteiger partial charge in [-0.3, -0.25) is 4.79 Å². The van der Waals surface area contributed by atoms with Crippen molar-refractivity contribution in [3.63, 3.8) is 0 Å². The van der Waals surface area contributed by atoms with E-state index < -0.39 is 5.60 Å². The molecule has 0 fully saturated rings. The Balaban J connectivity index is 3.05. The molecule has 0 saturated carbocycles. The van der Waals surface area contributed by atoms with E-state index in [1.165, 1.54) is 6.92 Å². The van der Waals surface area contributed by atoms with Gasteiger partial charge in [0.25, 0.3) is 0 Å². The van der Waals surface area contributed by atoms with Gasteiger partial charge in [0.1, 0.15) is 11.4 Å². The average molecular weight is 240 g/mol. The monoisotopic (exact) mass is 240 g/mol. The van der Waals surface area contributed by atoms with Crippen LogP contribution in [0.25, 0.3) is 0 Å². The maximum absolute atomic E-state index is 11.3. The Kier molecular flexibility index (Phi) is 4.40. The smallest absolute Gasteiger partial charge is 0.237 e. The van der Waals surface area contributed by atoms with Crippen molar-refractivity contribution in [2.75, 3.05) is 7.11 Å². The van der Waals surface area contributed by atoms with Crippen LogP contribution in [0.2, 0.25) is 0 Å². The Labute approximate surface area is 102 Å². The lowest BCUT2D eigenvalue weighted by Crippen LogP contribution is -2.28. The lowest BCUT2D eigenvalue weighted by Gasteiger charge is -2.25. The van der Waals surface area contributed by atoms with Gasteiger partial charge in [0.2, 0.25) is 11.7 Å². The minimum absolute atomic E-state index is 0.0104. The van der Waals surface area contributed by atoms with Gasteiger partial charge in [-0.2, -0.15) is 4.98 Å². The largest absolute Gasteiger partial charge is 0.370 e. The van der Waals surface area contributed by atoms with Crippen LogP contribution in [0.1, 0.15) is 58.2 Å². The lowest BCUT2D eigenvalue weighted by atomic mass is 9.96. The SMILES string of the molecule is CCC(CC)(OC)c1noc(C(C)C(C)=O)n1. The summed E-state index contributed by atoms with van der Waals surface area (Å²) in [6, 6.07) is 0. The first-order chi connectivity index (χ1) is 8.00. The molecule has 1 heterocycles. The number of hydrogen-bond donors (Lipinski definition) is 0. The molecular weight excluding hydrogens is 220 g/mol. The van der Waals surface area contributed by atoms with E-state index in [9.17, 15) is 4.79 Å². The van der Waals surface area contributed by atoms with E-state index in [-0.39, 0.29) is 11.7 Å². The number of carbonyl (C=O) groups excluding carboxylic acids is 1. The van der Waals surface area contributed by atoms with E-state index in [0.29, 0.717) is 11.7 Å². The minimum Gasteiger partial charge on any atom is -0.370 e. The van der Waals surface area contributed by atoms with Crippen molar-refractivity contribution >= 4 is 5.78 Å². The molecule has 0 spiro atoms.